The number of hydrogen-bond donors (Lipinski definition) is 2. The number of nitrogens with one attached hydrogen (secondary N) is 1. The van der Waals surface area contributed by atoms with E-state index in [1.807, 2.05) is 5.43 Å². The number of amides is 1. The van der Waals surface area contributed by atoms with E-state index in [9.17, 15) is 14.9 Å². The number of nitro groups is 1. The fraction of sp³-hybridized carbons (Fsp3) is 0.143. The van der Waals surface area contributed by atoms with Gasteiger partial charge in [0.2, 0.25) is 5.91 Å². The Hall–Kier alpha value is -2.02. The summed E-state index contributed by atoms with van der Waals surface area (Å²) in [6.07, 6.45) is 1.20. The number of hydrogen-bond acceptors (Lipinski definition) is 5. The number of pyridine rings is 1. The first-order chi connectivity index (χ1) is 6.63. The summed E-state index contributed by atoms with van der Waals surface area (Å²) < 4.78 is 0. The normalized spacial score (nSPS) is 9.50. The van der Waals surface area contributed by atoms with Gasteiger partial charge in [-0.1, -0.05) is 0 Å². The van der Waals surface area contributed by atoms with Crippen molar-refractivity contribution in [1.82, 2.24) is 10.4 Å². The van der Waals surface area contributed by atoms with Crippen LogP contribution in [0.15, 0.2) is 18.3 Å². The summed E-state index contributed by atoms with van der Waals surface area (Å²) in [6, 6.07) is 2.49. The Balaban J connectivity index is 2.83. The van der Waals surface area contributed by atoms with E-state index in [-0.39, 0.29) is 12.1 Å². The molecule has 0 aromatic carbocycles. The van der Waals surface area contributed by atoms with Crippen molar-refractivity contribution in [2.45, 2.75) is 6.42 Å². The molecule has 1 amide bonds. The number of aromatic nitrogens is 1. The van der Waals surface area contributed by atoms with Gasteiger partial charge in [0.25, 0.3) is 5.69 Å². The number of hydrazine groups is 1. The highest BCUT2D eigenvalue weighted by Crippen LogP contribution is 2.10. The quantitative estimate of drug-likeness (QED) is 0.293. The molecular formula is C7H8N4O3. The lowest BCUT2D eigenvalue weighted by Crippen LogP contribution is -2.31. The van der Waals surface area contributed by atoms with Crippen molar-refractivity contribution in [1.29, 1.82) is 0 Å². The van der Waals surface area contributed by atoms with E-state index < -0.39 is 10.8 Å². The number of nitrogens with zero attached hydrogens (tertiary/aromatic N) is 2. The van der Waals surface area contributed by atoms with E-state index in [1.165, 1.54) is 18.3 Å². The molecule has 0 radical (unpaired) electrons. The molecule has 7 heteroatoms. The molecular weight excluding hydrogens is 188 g/mol. The minimum Gasteiger partial charge on any atom is -0.294 e. The third-order valence-corrected chi connectivity index (χ3v) is 1.51. The van der Waals surface area contributed by atoms with E-state index in [2.05, 4.69) is 4.98 Å². The minimum atomic E-state index is -0.550. The van der Waals surface area contributed by atoms with Crippen LogP contribution in [0.2, 0.25) is 0 Å². The molecule has 14 heavy (non-hydrogen) atoms. The Labute approximate surface area is 79.1 Å². The molecule has 1 aromatic heterocycles. The number of rotatable bonds is 3. The Kier molecular flexibility index (Phi) is 3.08. The maximum absolute atomic E-state index is 10.8. The highest BCUT2D eigenvalue weighted by atomic mass is 16.6. The molecule has 0 bridgehead atoms. The van der Waals surface area contributed by atoms with Crippen LogP contribution in [-0.4, -0.2) is 15.8 Å². The molecule has 0 fully saturated rings. The molecule has 1 aromatic rings. The predicted molar refractivity (Wildman–Crippen MR) is 46.9 cm³/mol. The first kappa shape index (κ1) is 10.1. The van der Waals surface area contributed by atoms with Crippen LogP contribution in [-0.2, 0) is 11.2 Å². The van der Waals surface area contributed by atoms with Crippen LogP contribution in [0, 0.1) is 10.1 Å². The van der Waals surface area contributed by atoms with Gasteiger partial charge in [-0.2, -0.15) is 0 Å². The Bertz CT molecular complexity index is 366. The number of carbonyl (C=O) groups is 1. The van der Waals surface area contributed by atoms with Crippen LogP contribution in [0.4, 0.5) is 5.69 Å². The van der Waals surface area contributed by atoms with Crippen molar-refractivity contribution in [3.8, 4) is 0 Å². The molecule has 0 saturated heterocycles. The zero-order chi connectivity index (χ0) is 10.6. The van der Waals surface area contributed by atoms with E-state index in [0.29, 0.717) is 5.69 Å². The highest BCUT2D eigenvalue weighted by molar-refractivity contribution is 5.77. The van der Waals surface area contributed by atoms with E-state index in [4.69, 9.17) is 5.84 Å². The largest absolute Gasteiger partial charge is 0.294 e. The van der Waals surface area contributed by atoms with Gasteiger partial charge in [-0.15, -0.1) is 0 Å². The summed E-state index contributed by atoms with van der Waals surface area (Å²) in [4.78, 5) is 24.4. The van der Waals surface area contributed by atoms with Crippen molar-refractivity contribution >= 4 is 11.6 Å². The SMILES string of the molecule is NNC(=O)Cc1cc([N+](=O)[O-])ccn1. The Morgan fingerprint density at radius 1 is 1.71 bits per heavy atom. The average molecular weight is 196 g/mol. The van der Waals surface area contributed by atoms with Crippen LogP contribution < -0.4 is 11.3 Å². The van der Waals surface area contributed by atoms with Gasteiger partial charge in [0.1, 0.15) is 0 Å². The molecule has 1 heterocycles. The van der Waals surface area contributed by atoms with Crippen molar-refractivity contribution in [3.63, 3.8) is 0 Å². The maximum atomic E-state index is 10.8. The van der Waals surface area contributed by atoms with Crippen LogP contribution in [0.25, 0.3) is 0 Å². The molecule has 3 N–H and O–H groups in total. The number of nitrogens with two attached hydrogens (primary N) is 1. The molecule has 0 spiro atoms. The summed E-state index contributed by atoms with van der Waals surface area (Å²) in [7, 11) is 0. The highest BCUT2D eigenvalue weighted by Gasteiger charge is 2.08. The summed E-state index contributed by atoms with van der Waals surface area (Å²) in [5, 5.41) is 10.4. The van der Waals surface area contributed by atoms with E-state index in [1.54, 1.807) is 0 Å². The second-order valence-corrected chi connectivity index (χ2v) is 2.51. The molecule has 0 atom stereocenters. The van der Waals surface area contributed by atoms with Gasteiger partial charge in [-0.25, -0.2) is 5.84 Å². The van der Waals surface area contributed by atoms with Gasteiger partial charge in [0.15, 0.2) is 0 Å². The van der Waals surface area contributed by atoms with Crippen molar-refractivity contribution in [2.24, 2.45) is 5.84 Å². The van der Waals surface area contributed by atoms with Crippen molar-refractivity contribution in [3.05, 3.63) is 34.1 Å². The first-order valence-corrected chi connectivity index (χ1v) is 3.72. The van der Waals surface area contributed by atoms with E-state index in [0.717, 1.165) is 0 Å². The molecule has 0 unspecified atom stereocenters. The van der Waals surface area contributed by atoms with Crippen LogP contribution in [0.5, 0.6) is 0 Å². The zero-order valence-corrected chi connectivity index (χ0v) is 7.14. The van der Waals surface area contributed by atoms with Crippen LogP contribution in [0.3, 0.4) is 0 Å². The second-order valence-electron chi connectivity index (χ2n) is 2.51. The fourth-order valence-corrected chi connectivity index (χ4v) is 0.891. The van der Waals surface area contributed by atoms with Crippen molar-refractivity contribution in [2.75, 3.05) is 0 Å². The summed E-state index contributed by atoms with van der Waals surface area (Å²) in [6.45, 7) is 0. The van der Waals surface area contributed by atoms with Crippen LogP contribution >= 0.6 is 0 Å². The lowest BCUT2D eigenvalue weighted by Gasteiger charge is -1.98. The fourth-order valence-electron chi connectivity index (χ4n) is 0.891. The predicted octanol–water partition coefficient (Wildman–Crippen LogP) is -0.478. The Morgan fingerprint density at radius 3 is 3.00 bits per heavy atom. The third-order valence-electron chi connectivity index (χ3n) is 1.51. The third kappa shape index (κ3) is 2.49. The monoisotopic (exact) mass is 196 g/mol. The second kappa shape index (κ2) is 4.28. The van der Waals surface area contributed by atoms with Gasteiger partial charge in [-0.3, -0.25) is 25.3 Å². The maximum Gasteiger partial charge on any atom is 0.272 e. The van der Waals surface area contributed by atoms with Gasteiger partial charge in [0.05, 0.1) is 17.0 Å². The molecule has 74 valence electrons. The van der Waals surface area contributed by atoms with E-state index >= 15 is 0 Å². The summed E-state index contributed by atoms with van der Waals surface area (Å²) in [5.41, 5.74) is 2.12. The topological polar surface area (TPSA) is 111 Å². The van der Waals surface area contributed by atoms with Gasteiger partial charge >= 0.3 is 0 Å². The summed E-state index contributed by atoms with van der Waals surface area (Å²) >= 11 is 0. The molecule has 0 aliphatic rings. The molecule has 0 saturated carbocycles. The summed E-state index contributed by atoms with van der Waals surface area (Å²) in [5.74, 6) is 4.41. The van der Waals surface area contributed by atoms with Crippen LogP contribution in [0.1, 0.15) is 5.69 Å². The smallest absolute Gasteiger partial charge is 0.272 e. The zero-order valence-electron chi connectivity index (χ0n) is 7.14. The standard InChI is InChI=1S/C7H8N4O3/c8-10-7(12)4-5-3-6(11(13)14)1-2-9-5/h1-3H,4,8H2,(H,10,12). The minimum absolute atomic E-state index is 0.0713. The van der Waals surface area contributed by atoms with Gasteiger partial charge in [0, 0.05) is 18.3 Å². The van der Waals surface area contributed by atoms with Crippen molar-refractivity contribution < 1.29 is 9.72 Å². The lowest BCUT2D eigenvalue weighted by atomic mass is 10.2. The first-order valence-electron chi connectivity index (χ1n) is 3.72. The number of carbonyl (C=O) groups excluding carboxylic acids is 1. The molecule has 7 nitrogen and oxygen atoms in total. The van der Waals surface area contributed by atoms with Gasteiger partial charge < -0.3 is 0 Å². The molecule has 1 rings (SSSR count). The van der Waals surface area contributed by atoms with Gasteiger partial charge in [-0.05, 0) is 0 Å². The molecule has 0 aliphatic carbocycles. The molecule has 0 aliphatic heterocycles. The lowest BCUT2D eigenvalue weighted by molar-refractivity contribution is -0.385. The Morgan fingerprint density at radius 2 is 2.43 bits per heavy atom. The average Bonchev–Trinajstić information content (AvgIpc) is 2.18.